The molecule has 0 rings (SSSR count). The fraction of sp³-hybridized carbons (Fsp3) is 0. The zero-order valence-corrected chi connectivity index (χ0v) is 6.88. The van der Waals surface area contributed by atoms with E-state index in [1.807, 2.05) is 0 Å². The molecule has 8 nitrogen and oxygen atoms in total. The Bertz CT molecular complexity index is 76.4. The maximum absolute atomic E-state index is 8.33. The van der Waals surface area contributed by atoms with Gasteiger partial charge in [0.1, 0.15) is 0 Å². The topological polar surface area (TPSA) is 159 Å². The molecular weight excluding hydrogens is 224 g/mol. The molecule has 67 valence electrons. The van der Waals surface area contributed by atoms with Crippen LogP contribution in [0.2, 0.25) is 0 Å². The molecule has 10 heteroatoms. The van der Waals surface area contributed by atoms with Crippen LogP contribution in [0.5, 0.6) is 0 Å². The van der Waals surface area contributed by atoms with E-state index < -0.39 is 11.2 Å². The molecule has 0 saturated carbocycles. The summed E-state index contributed by atoms with van der Waals surface area (Å²) in [5.41, 5.74) is 0. The summed E-state index contributed by atoms with van der Waals surface area (Å²) >= 11 is 0. The summed E-state index contributed by atoms with van der Waals surface area (Å²) in [6, 6.07) is 0. The van der Waals surface area contributed by atoms with E-state index in [1.54, 1.807) is 0 Å². The first kappa shape index (κ1) is 31.4. The van der Waals surface area contributed by atoms with Gasteiger partial charge in [-0.3, -0.25) is 0 Å². The van der Waals surface area contributed by atoms with E-state index in [4.69, 9.17) is 30.3 Å². The van der Waals surface area contributed by atoms with Gasteiger partial charge >= 0.3 is 16.5 Å². The molecule has 11 heavy (non-hydrogen) atoms. The number of rotatable bonds is 0. The van der Waals surface area contributed by atoms with Crippen LogP contribution in [0.1, 0.15) is 0 Å². The van der Waals surface area contributed by atoms with Crippen molar-refractivity contribution in [3.8, 4) is 0 Å². The van der Waals surface area contributed by atoms with E-state index in [9.17, 15) is 0 Å². The second-order valence-electron chi connectivity index (χ2n) is 0.474. The first-order valence-electron chi connectivity index (χ1n) is 1.16. The first-order valence-corrected chi connectivity index (χ1v) is 1.16. The third kappa shape index (κ3) is 1780. The molecule has 0 aliphatic rings. The van der Waals surface area contributed by atoms with Crippen LogP contribution in [-0.4, -0.2) is 34.1 Å². The molecule has 0 amide bonds. The number of carbonyl (C=O) groups excluding carboxylic acids is 1. The van der Waals surface area contributed by atoms with E-state index >= 15 is 0 Å². The maximum Gasteiger partial charge on any atom is 2.00 e. The van der Waals surface area contributed by atoms with Gasteiger partial charge in [0.05, 0.1) is 5.09 Å². The van der Waals surface area contributed by atoms with Crippen molar-refractivity contribution in [2.75, 3.05) is 0 Å². The van der Waals surface area contributed by atoms with Gasteiger partial charge in [-0.05, 0) is 6.16 Å². The SMILES string of the molecule is O=C([O-])[O-].O=[N+]([O-])[O-].[Al].[Ni+2].[OH-]. The summed E-state index contributed by atoms with van der Waals surface area (Å²) in [5.74, 6) is 0. The standard InChI is InChI=1S/CH2O3.Al.NO3.Ni.H2O/c2-1(3)4;;2-1(3)4;;/h(H2,2,3,4);;;;1H2/q;;-1;+2;/p-3. The van der Waals surface area contributed by atoms with Crippen molar-refractivity contribution in [2.24, 2.45) is 0 Å². The molecule has 0 unspecified atom stereocenters. The summed E-state index contributed by atoms with van der Waals surface area (Å²) in [5, 5.41) is 31.4. The van der Waals surface area contributed by atoms with E-state index in [0.29, 0.717) is 0 Å². The number of carbonyl (C=O) groups is 1. The summed E-state index contributed by atoms with van der Waals surface area (Å²) in [4.78, 5) is 16.6. The first-order chi connectivity index (χ1) is 3.46. The van der Waals surface area contributed by atoms with Crippen LogP contribution in [0.4, 0.5) is 4.79 Å². The molecule has 0 aromatic heterocycles. The van der Waals surface area contributed by atoms with Crippen LogP contribution in [0.15, 0.2) is 0 Å². The Kier molecular flexibility index (Phi) is 64.9. The molecule has 0 spiro atoms. The van der Waals surface area contributed by atoms with Gasteiger partial charge in [-0.15, -0.1) is 0 Å². The monoisotopic (exact) mass is 224 g/mol. The van der Waals surface area contributed by atoms with E-state index in [1.165, 1.54) is 0 Å². The van der Waals surface area contributed by atoms with E-state index in [2.05, 4.69) is 0 Å². The van der Waals surface area contributed by atoms with Gasteiger partial charge in [-0.1, -0.05) is 0 Å². The third-order valence-electron chi connectivity index (χ3n) is 0. The minimum Gasteiger partial charge on any atom is -0.870 e. The molecule has 0 aliphatic carbocycles. The van der Waals surface area contributed by atoms with Crippen LogP contribution in [-0.2, 0) is 16.5 Å². The smallest absolute Gasteiger partial charge is 0.870 e. The van der Waals surface area contributed by atoms with Crippen molar-refractivity contribution in [2.45, 2.75) is 0 Å². The van der Waals surface area contributed by atoms with Gasteiger partial charge in [0.2, 0.25) is 0 Å². The van der Waals surface area contributed by atoms with Crippen molar-refractivity contribution in [3.05, 3.63) is 15.3 Å². The molecule has 0 aromatic carbocycles. The van der Waals surface area contributed by atoms with Crippen molar-refractivity contribution >= 4 is 23.5 Å². The molecule has 0 saturated heterocycles. The number of hydrogen-bond donors (Lipinski definition) is 0. The predicted octanol–water partition coefficient (Wildman–Crippen LogP) is -3.25. The summed E-state index contributed by atoms with van der Waals surface area (Å²) in [7, 11) is 0. The summed E-state index contributed by atoms with van der Waals surface area (Å²) in [6.07, 6.45) is -2.33. The Morgan fingerprint density at radius 3 is 1.18 bits per heavy atom. The van der Waals surface area contributed by atoms with Crippen LogP contribution >= 0.6 is 0 Å². The number of carboxylic acid groups (broad SMARTS) is 2. The molecule has 0 aromatic rings. The molecule has 0 heterocycles. The van der Waals surface area contributed by atoms with Crippen LogP contribution < -0.4 is 10.2 Å². The van der Waals surface area contributed by atoms with Gasteiger partial charge < -0.3 is 35.8 Å². The van der Waals surface area contributed by atoms with Crippen molar-refractivity contribution in [3.63, 3.8) is 0 Å². The summed E-state index contributed by atoms with van der Waals surface area (Å²) in [6.45, 7) is 0. The number of hydrogen-bond acceptors (Lipinski definition) is 7. The molecule has 0 aliphatic heterocycles. The van der Waals surface area contributed by atoms with Gasteiger partial charge in [-0.25, -0.2) is 0 Å². The fourth-order valence-corrected chi connectivity index (χ4v) is 0. The molecule has 1 N–H and O–H groups in total. The predicted molar refractivity (Wildman–Crippen MR) is 23.4 cm³/mol. The molecular formula is CHAlNNiO7-2. The Balaban J connectivity index is -0.0000000171. The average Bonchev–Trinajstić information content (AvgIpc) is 1.25. The Morgan fingerprint density at radius 2 is 1.18 bits per heavy atom. The Morgan fingerprint density at radius 1 is 1.18 bits per heavy atom. The molecule has 3 radical (unpaired) electrons. The molecule has 0 bridgehead atoms. The van der Waals surface area contributed by atoms with E-state index in [0.717, 1.165) is 0 Å². The minimum absolute atomic E-state index is 0. The third-order valence-corrected chi connectivity index (χ3v) is 0. The molecule has 0 atom stereocenters. The largest absolute Gasteiger partial charge is 2.00 e. The van der Waals surface area contributed by atoms with Crippen LogP contribution in [0, 0.1) is 15.3 Å². The second kappa shape index (κ2) is 22.7. The fourth-order valence-electron chi connectivity index (χ4n) is 0. The van der Waals surface area contributed by atoms with Gasteiger partial charge in [0.15, 0.2) is 0 Å². The van der Waals surface area contributed by atoms with E-state index in [-0.39, 0.29) is 39.3 Å². The quantitative estimate of drug-likeness (QED) is 0.237. The average molecular weight is 225 g/mol. The second-order valence-corrected chi connectivity index (χ2v) is 0.474. The zero-order chi connectivity index (χ0) is 7.15. The molecule has 0 fully saturated rings. The van der Waals surface area contributed by atoms with Crippen molar-refractivity contribution in [1.29, 1.82) is 0 Å². The van der Waals surface area contributed by atoms with Crippen LogP contribution in [0.25, 0.3) is 0 Å². The van der Waals surface area contributed by atoms with Gasteiger partial charge in [0.25, 0.3) is 0 Å². The van der Waals surface area contributed by atoms with Crippen LogP contribution in [0.3, 0.4) is 0 Å². The normalized spacial score (nSPS) is 4.36. The zero-order valence-electron chi connectivity index (χ0n) is 4.74. The van der Waals surface area contributed by atoms with Gasteiger partial charge in [-0.2, -0.15) is 0 Å². The van der Waals surface area contributed by atoms with Crippen molar-refractivity contribution < 1.29 is 42.1 Å². The Labute approximate surface area is 81.3 Å². The summed E-state index contributed by atoms with van der Waals surface area (Å²) < 4.78 is 0. The number of nitrogens with zero attached hydrogens (tertiary/aromatic N) is 1. The van der Waals surface area contributed by atoms with Gasteiger partial charge in [0, 0.05) is 17.4 Å². The van der Waals surface area contributed by atoms with Crippen molar-refractivity contribution in [1.82, 2.24) is 0 Å². The maximum atomic E-state index is 8.33. The Hall–Kier alpha value is -0.544. The minimum atomic E-state index is -2.33.